The van der Waals surface area contributed by atoms with E-state index in [0.717, 1.165) is 19.1 Å². The number of esters is 7. The van der Waals surface area contributed by atoms with E-state index in [-0.39, 0.29) is 33.4 Å². The number of rotatable bonds is 7. The third-order valence-electron chi connectivity index (χ3n) is 4.91. The van der Waals surface area contributed by atoms with Gasteiger partial charge in [0.05, 0.1) is 33.4 Å². The Kier molecular flexibility index (Phi) is 6.10. The van der Waals surface area contributed by atoms with Gasteiger partial charge in [-0.2, -0.15) is 0 Å². The second-order valence-electron chi connectivity index (χ2n) is 7.30. The van der Waals surface area contributed by atoms with Gasteiger partial charge in [0.15, 0.2) is 6.10 Å². The fourth-order valence-corrected chi connectivity index (χ4v) is 3.22. The van der Waals surface area contributed by atoms with Crippen LogP contribution in [0, 0.1) is 0 Å². The predicted octanol–water partition coefficient (Wildman–Crippen LogP) is 1.25. The summed E-state index contributed by atoms with van der Waals surface area (Å²) in [6, 6.07) is 7.19. The van der Waals surface area contributed by atoms with Gasteiger partial charge in [-0.25, -0.2) is 28.8 Å². The molecule has 0 N–H and O–H groups in total. The highest BCUT2D eigenvalue weighted by Gasteiger charge is 2.32. The molecule has 2 aliphatic heterocycles. The van der Waals surface area contributed by atoms with Crippen LogP contribution < -0.4 is 0 Å². The largest absolute Gasteiger partial charge is 0.462 e. The Labute approximate surface area is 195 Å². The maximum Gasteiger partial charge on any atom is 0.346 e. The Morgan fingerprint density at radius 2 is 1.14 bits per heavy atom. The van der Waals surface area contributed by atoms with Gasteiger partial charge in [0.2, 0.25) is 0 Å². The second kappa shape index (κ2) is 9.17. The number of fused-ring (bicyclic) bond motifs is 2. The van der Waals surface area contributed by atoms with Crippen LogP contribution in [0.2, 0.25) is 0 Å². The lowest BCUT2D eigenvalue weighted by atomic mass is 10.1. The predicted molar refractivity (Wildman–Crippen MR) is 108 cm³/mol. The van der Waals surface area contributed by atoms with Crippen LogP contribution in [0.1, 0.15) is 69.1 Å². The zero-order chi connectivity index (χ0) is 25.3. The first-order valence-electron chi connectivity index (χ1n) is 9.96. The molecule has 0 radical (unpaired) electrons. The summed E-state index contributed by atoms with van der Waals surface area (Å²) >= 11 is 0. The number of cyclic esters (lactones) is 4. The highest BCUT2D eigenvalue weighted by molar-refractivity contribution is 6.16. The van der Waals surface area contributed by atoms with Gasteiger partial charge in [0.1, 0.15) is 13.2 Å². The van der Waals surface area contributed by atoms with Crippen LogP contribution in [0.5, 0.6) is 0 Å². The van der Waals surface area contributed by atoms with Crippen molar-refractivity contribution in [3.8, 4) is 0 Å². The Bertz CT molecular complexity index is 1320. The van der Waals surface area contributed by atoms with Gasteiger partial charge < -0.3 is 23.7 Å². The molecule has 35 heavy (non-hydrogen) atoms. The fraction of sp³-hybridized carbons (Fsp3) is 0.174. The topological polar surface area (TPSA) is 166 Å². The maximum atomic E-state index is 12.6. The van der Waals surface area contributed by atoms with Crippen molar-refractivity contribution < 1.29 is 57.2 Å². The van der Waals surface area contributed by atoms with E-state index >= 15 is 0 Å². The summed E-state index contributed by atoms with van der Waals surface area (Å²) in [5.41, 5.74) is -0.377. The zero-order valence-electron chi connectivity index (χ0n) is 17.9. The van der Waals surface area contributed by atoms with Crippen molar-refractivity contribution in [1.82, 2.24) is 0 Å². The Morgan fingerprint density at radius 1 is 0.686 bits per heavy atom. The van der Waals surface area contributed by atoms with Crippen molar-refractivity contribution in [2.75, 3.05) is 13.2 Å². The van der Waals surface area contributed by atoms with Crippen LogP contribution in [-0.4, -0.2) is 61.1 Å². The summed E-state index contributed by atoms with van der Waals surface area (Å²) in [6.07, 6.45) is -1.24. The highest BCUT2D eigenvalue weighted by Crippen LogP contribution is 2.23. The molecule has 2 aromatic rings. The SMILES string of the molecule is CC(=O)OCC(COC(=O)c1ccc2c(c1)C(=O)OC2=O)OC(=O)c1ccc2c(c1)C(=O)OC2=O. The van der Waals surface area contributed by atoms with E-state index in [0.29, 0.717) is 0 Å². The number of hydrogen-bond donors (Lipinski definition) is 0. The number of carbonyl (C=O) groups excluding carboxylic acids is 7. The summed E-state index contributed by atoms with van der Waals surface area (Å²) in [4.78, 5) is 82.7. The van der Waals surface area contributed by atoms with Crippen molar-refractivity contribution in [3.63, 3.8) is 0 Å². The molecule has 0 saturated carbocycles. The molecule has 0 bridgehead atoms. The molecule has 2 heterocycles. The molecule has 2 aliphatic rings. The number of carbonyl (C=O) groups is 7. The summed E-state index contributed by atoms with van der Waals surface area (Å²) < 4.78 is 24.1. The Balaban J connectivity index is 1.44. The van der Waals surface area contributed by atoms with Gasteiger partial charge >= 0.3 is 41.8 Å². The van der Waals surface area contributed by atoms with Crippen LogP contribution in [-0.2, 0) is 28.5 Å². The van der Waals surface area contributed by atoms with Crippen LogP contribution >= 0.6 is 0 Å². The Hall–Kier alpha value is -4.87. The normalized spacial score (nSPS) is 14.4. The summed E-state index contributed by atoms with van der Waals surface area (Å²) in [7, 11) is 0. The fourth-order valence-electron chi connectivity index (χ4n) is 3.22. The lowest BCUT2D eigenvalue weighted by Crippen LogP contribution is -2.30. The van der Waals surface area contributed by atoms with E-state index in [2.05, 4.69) is 9.47 Å². The summed E-state index contributed by atoms with van der Waals surface area (Å²) in [6.45, 7) is 0.132. The van der Waals surface area contributed by atoms with E-state index in [4.69, 9.17) is 14.2 Å². The molecule has 0 aliphatic carbocycles. The third-order valence-corrected chi connectivity index (χ3v) is 4.91. The van der Waals surface area contributed by atoms with Crippen molar-refractivity contribution >= 4 is 41.8 Å². The summed E-state index contributed by atoms with van der Waals surface area (Å²) in [5.74, 6) is -6.03. The molecule has 0 saturated heterocycles. The maximum absolute atomic E-state index is 12.6. The van der Waals surface area contributed by atoms with Crippen LogP contribution in [0.4, 0.5) is 0 Å². The quantitative estimate of drug-likeness (QED) is 0.315. The van der Waals surface area contributed by atoms with Crippen LogP contribution in [0.15, 0.2) is 36.4 Å². The highest BCUT2D eigenvalue weighted by atomic mass is 16.6. The number of ether oxygens (including phenoxy) is 5. The van der Waals surface area contributed by atoms with Crippen molar-refractivity contribution in [2.24, 2.45) is 0 Å². The average molecular weight is 482 g/mol. The van der Waals surface area contributed by atoms with Gasteiger partial charge in [-0.3, -0.25) is 4.79 Å². The molecule has 0 spiro atoms. The molecular formula is C23H14O12. The molecule has 0 aromatic heterocycles. The first kappa shape index (κ1) is 23.3. The van der Waals surface area contributed by atoms with Crippen molar-refractivity contribution in [3.05, 3.63) is 69.8 Å². The van der Waals surface area contributed by atoms with Gasteiger partial charge in [-0.05, 0) is 36.4 Å². The minimum Gasteiger partial charge on any atom is -0.462 e. The van der Waals surface area contributed by atoms with Gasteiger partial charge in [0.25, 0.3) is 0 Å². The minimum atomic E-state index is -1.24. The van der Waals surface area contributed by atoms with Crippen molar-refractivity contribution in [2.45, 2.75) is 13.0 Å². The smallest absolute Gasteiger partial charge is 0.346 e. The van der Waals surface area contributed by atoms with Crippen LogP contribution in [0.3, 0.4) is 0 Å². The monoisotopic (exact) mass is 482 g/mol. The van der Waals surface area contributed by atoms with E-state index < -0.39 is 61.1 Å². The zero-order valence-corrected chi connectivity index (χ0v) is 17.9. The molecule has 4 rings (SSSR count). The molecule has 0 fully saturated rings. The molecule has 12 heteroatoms. The molecule has 178 valence electrons. The van der Waals surface area contributed by atoms with Crippen LogP contribution in [0.25, 0.3) is 0 Å². The second-order valence-corrected chi connectivity index (χ2v) is 7.30. The molecule has 1 atom stereocenters. The van der Waals surface area contributed by atoms with E-state index in [1.54, 1.807) is 0 Å². The lowest BCUT2D eigenvalue weighted by Gasteiger charge is -2.18. The molecule has 0 amide bonds. The van der Waals surface area contributed by atoms with Gasteiger partial charge in [0, 0.05) is 6.92 Å². The third kappa shape index (κ3) is 4.76. The Morgan fingerprint density at radius 3 is 1.66 bits per heavy atom. The first-order chi connectivity index (χ1) is 16.6. The first-order valence-corrected chi connectivity index (χ1v) is 9.96. The molecule has 2 aromatic carbocycles. The lowest BCUT2D eigenvalue weighted by molar-refractivity contribution is -0.144. The number of benzene rings is 2. The van der Waals surface area contributed by atoms with E-state index in [1.165, 1.54) is 24.3 Å². The van der Waals surface area contributed by atoms with E-state index in [9.17, 15) is 33.6 Å². The van der Waals surface area contributed by atoms with Gasteiger partial charge in [-0.15, -0.1) is 0 Å². The standard InChI is InChI=1S/C23H14O12/c1-10(24)31-8-13(33-19(26)12-3-5-15-17(7-12)23(30)35-21(15)28)9-32-18(25)11-2-4-14-16(6-11)22(29)34-20(14)27/h2-7,13H,8-9H2,1H3. The van der Waals surface area contributed by atoms with Gasteiger partial charge in [-0.1, -0.05) is 0 Å². The molecular weight excluding hydrogens is 468 g/mol. The van der Waals surface area contributed by atoms with E-state index in [1.807, 2.05) is 0 Å². The van der Waals surface area contributed by atoms with Crippen molar-refractivity contribution in [1.29, 1.82) is 0 Å². The number of hydrogen-bond acceptors (Lipinski definition) is 12. The average Bonchev–Trinajstić information content (AvgIpc) is 3.28. The summed E-state index contributed by atoms with van der Waals surface area (Å²) in [5, 5.41) is 0. The molecule has 12 nitrogen and oxygen atoms in total. The minimum absolute atomic E-state index is 0.00290. The molecule has 1 unspecified atom stereocenters.